The van der Waals surface area contributed by atoms with Crippen molar-refractivity contribution in [2.24, 2.45) is 17.8 Å². The third-order valence-corrected chi connectivity index (χ3v) is 5.75. The van der Waals surface area contributed by atoms with Crippen LogP contribution in [-0.2, 0) is 14.4 Å². The number of allylic oxidation sites excluding steroid dienone is 2. The lowest BCUT2D eigenvalue weighted by Gasteiger charge is -2.29. The third-order valence-electron chi connectivity index (χ3n) is 5.75. The monoisotopic (exact) mass is 350 g/mol. The average Bonchev–Trinajstić information content (AvgIpc) is 2.60. The fourth-order valence-corrected chi connectivity index (χ4v) is 3.93. The maximum absolute atomic E-state index is 12.4. The highest BCUT2D eigenvalue weighted by Gasteiger charge is 2.37. The molecule has 0 bridgehead atoms. The van der Waals surface area contributed by atoms with Crippen LogP contribution in [0.5, 0.6) is 0 Å². The Morgan fingerprint density at radius 1 is 0.960 bits per heavy atom. The van der Waals surface area contributed by atoms with Gasteiger partial charge in [-0.05, 0) is 39.0 Å². The van der Waals surface area contributed by atoms with Gasteiger partial charge in [0.05, 0.1) is 11.8 Å². The topological polar surface area (TPSA) is 95.5 Å². The predicted molar refractivity (Wildman–Crippen MR) is 94.3 cm³/mol. The van der Waals surface area contributed by atoms with Crippen molar-refractivity contribution in [2.75, 3.05) is 0 Å². The molecule has 1 saturated carbocycles. The Balaban J connectivity index is 1.79. The summed E-state index contributed by atoms with van der Waals surface area (Å²) >= 11 is 0. The van der Waals surface area contributed by atoms with Crippen LogP contribution >= 0.6 is 0 Å². The molecule has 2 rings (SSSR count). The number of aliphatic carboxylic acids is 1. The number of carboxylic acids is 1. The molecule has 2 aliphatic carbocycles. The van der Waals surface area contributed by atoms with E-state index in [0.29, 0.717) is 25.2 Å². The number of amides is 2. The van der Waals surface area contributed by atoms with Gasteiger partial charge < -0.3 is 5.11 Å². The fourth-order valence-electron chi connectivity index (χ4n) is 3.93. The summed E-state index contributed by atoms with van der Waals surface area (Å²) in [5, 5.41) is 9.38. The van der Waals surface area contributed by atoms with Crippen LogP contribution in [0.2, 0.25) is 0 Å². The summed E-state index contributed by atoms with van der Waals surface area (Å²) in [4.78, 5) is 35.8. The van der Waals surface area contributed by atoms with E-state index in [1.165, 1.54) is 32.1 Å². The standard InChI is InChI=1S/C19H30N2O4/c1-12-10-15(16(19(24)25)11-13(12)2)18(23)21-20-17(22)9-8-14-6-4-3-5-7-14/h14-16H,3-11H2,1-2H3,(H,20,22)(H,21,23)(H,24,25)/t15-,16-/m0/s1. The smallest absolute Gasteiger partial charge is 0.307 e. The van der Waals surface area contributed by atoms with Crippen molar-refractivity contribution in [3.8, 4) is 0 Å². The number of carbonyl (C=O) groups is 3. The Kier molecular flexibility index (Phi) is 7.02. The van der Waals surface area contributed by atoms with Crippen molar-refractivity contribution < 1.29 is 19.5 Å². The second kappa shape index (κ2) is 9.02. The van der Waals surface area contributed by atoms with Gasteiger partial charge in [0, 0.05) is 6.42 Å². The minimum Gasteiger partial charge on any atom is -0.481 e. The zero-order valence-corrected chi connectivity index (χ0v) is 15.3. The van der Waals surface area contributed by atoms with Gasteiger partial charge in [0.1, 0.15) is 0 Å². The van der Waals surface area contributed by atoms with Gasteiger partial charge in [0.25, 0.3) is 0 Å². The van der Waals surface area contributed by atoms with E-state index in [1.807, 2.05) is 13.8 Å². The van der Waals surface area contributed by atoms with Crippen molar-refractivity contribution in [1.29, 1.82) is 0 Å². The van der Waals surface area contributed by atoms with Gasteiger partial charge in [-0.25, -0.2) is 0 Å². The van der Waals surface area contributed by atoms with Crippen molar-refractivity contribution >= 4 is 17.8 Å². The highest BCUT2D eigenvalue weighted by molar-refractivity contribution is 5.87. The molecule has 0 unspecified atom stereocenters. The van der Waals surface area contributed by atoms with Crippen molar-refractivity contribution in [2.45, 2.75) is 71.6 Å². The first-order chi connectivity index (χ1) is 11.9. The molecule has 0 radical (unpaired) electrons. The number of hydrogen-bond acceptors (Lipinski definition) is 3. The first-order valence-electron chi connectivity index (χ1n) is 9.35. The van der Waals surface area contributed by atoms with Gasteiger partial charge in [-0.1, -0.05) is 43.3 Å². The van der Waals surface area contributed by atoms with E-state index in [2.05, 4.69) is 10.9 Å². The number of hydrazine groups is 1. The van der Waals surface area contributed by atoms with E-state index in [9.17, 15) is 19.5 Å². The molecule has 140 valence electrons. The Morgan fingerprint density at radius 2 is 1.56 bits per heavy atom. The number of rotatable bonds is 5. The molecule has 25 heavy (non-hydrogen) atoms. The summed E-state index contributed by atoms with van der Waals surface area (Å²) in [5.74, 6) is -2.34. The zero-order valence-electron chi connectivity index (χ0n) is 15.3. The summed E-state index contributed by atoms with van der Waals surface area (Å²) in [6, 6.07) is 0. The Labute approximate surface area is 149 Å². The van der Waals surface area contributed by atoms with Gasteiger partial charge >= 0.3 is 5.97 Å². The zero-order chi connectivity index (χ0) is 18.4. The third kappa shape index (κ3) is 5.58. The van der Waals surface area contributed by atoms with Crippen LogP contribution in [0.25, 0.3) is 0 Å². The molecule has 0 aromatic carbocycles. The average molecular weight is 350 g/mol. The first kappa shape index (κ1) is 19.5. The molecule has 6 nitrogen and oxygen atoms in total. The van der Waals surface area contributed by atoms with E-state index in [-0.39, 0.29) is 5.91 Å². The number of hydrogen-bond donors (Lipinski definition) is 3. The predicted octanol–water partition coefficient (Wildman–Crippen LogP) is 2.94. The molecular formula is C19H30N2O4. The summed E-state index contributed by atoms with van der Waals surface area (Å²) in [5.41, 5.74) is 6.98. The van der Waals surface area contributed by atoms with Crippen molar-refractivity contribution in [1.82, 2.24) is 10.9 Å². The largest absolute Gasteiger partial charge is 0.481 e. The lowest BCUT2D eigenvalue weighted by Crippen LogP contribution is -2.48. The minimum absolute atomic E-state index is 0.204. The van der Waals surface area contributed by atoms with Crippen LogP contribution in [0.3, 0.4) is 0 Å². The number of nitrogens with one attached hydrogen (secondary N) is 2. The normalized spacial score (nSPS) is 24.7. The number of carboxylic acid groups (broad SMARTS) is 1. The van der Waals surface area contributed by atoms with Crippen LogP contribution in [0.15, 0.2) is 11.1 Å². The summed E-state index contributed by atoms with van der Waals surface area (Å²) in [7, 11) is 0. The number of carbonyl (C=O) groups excluding carboxylic acids is 2. The molecule has 0 heterocycles. The van der Waals surface area contributed by atoms with Gasteiger partial charge in [0.2, 0.25) is 11.8 Å². The molecule has 2 aliphatic rings. The molecule has 2 atom stereocenters. The fraction of sp³-hybridized carbons (Fsp3) is 0.737. The lowest BCUT2D eigenvalue weighted by atomic mass is 9.76. The maximum Gasteiger partial charge on any atom is 0.307 e. The van der Waals surface area contributed by atoms with E-state index in [4.69, 9.17) is 0 Å². The molecule has 0 aromatic heterocycles. The Hall–Kier alpha value is -1.85. The molecule has 6 heteroatoms. The van der Waals surface area contributed by atoms with Crippen LogP contribution in [0.1, 0.15) is 71.6 Å². The van der Waals surface area contributed by atoms with E-state index < -0.39 is 23.7 Å². The second-order valence-corrected chi connectivity index (χ2v) is 7.60. The maximum atomic E-state index is 12.4. The first-order valence-corrected chi connectivity index (χ1v) is 9.35. The van der Waals surface area contributed by atoms with E-state index in [0.717, 1.165) is 17.6 Å². The van der Waals surface area contributed by atoms with E-state index in [1.54, 1.807) is 0 Å². The summed E-state index contributed by atoms with van der Waals surface area (Å²) in [6.45, 7) is 3.84. The van der Waals surface area contributed by atoms with Crippen molar-refractivity contribution in [3.05, 3.63) is 11.1 Å². The summed E-state index contributed by atoms with van der Waals surface area (Å²) in [6.07, 6.45) is 8.21. The van der Waals surface area contributed by atoms with Gasteiger partial charge in [0.15, 0.2) is 0 Å². The van der Waals surface area contributed by atoms with Crippen LogP contribution in [-0.4, -0.2) is 22.9 Å². The van der Waals surface area contributed by atoms with Crippen LogP contribution in [0.4, 0.5) is 0 Å². The van der Waals surface area contributed by atoms with Gasteiger partial charge in [-0.2, -0.15) is 0 Å². The SMILES string of the molecule is CC1=C(C)C[C@H](C(=O)NNC(=O)CCC2CCCCC2)[C@@H](C(=O)O)C1. The van der Waals surface area contributed by atoms with Gasteiger partial charge in [-0.3, -0.25) is 25.2 Å². The molecule has 0 aromatic rings. The molecule has 1 fully saturated rings. The van der Waals surface area contributed by atoms with E-state index >= 15 is 0 Å². The summed E-state index contributed by atoms with van der Waals surface area (Å²) < 4.78 is 0. The molecule has 0 spiro atoms. The quantitative estimate of drug-likeness (QED) is 0.525. The molecule has 0 saturated heterocycles. The van der Waals surface area contributed by atoms with Crippen LogP contribution < -0.4 is 10.9 Å². The highest BCUT2D eigenvalue weighted by atomic mass is 16.4. The molecule has 3 N–H and O–H groups in total. The molecule has 2 amide bonds. The lowest BCUT2D eigenvalue weighted by molar-refractivity contribution is -0.148. The highest BCUT2D eigenvalue weighted by Crippen LogP contribution is 2.34. The molecule has 0 aliphatic heterocycles. The Bertz CT molecular complexity index is 550. The Morgan fingerprint density at radius 3 is 2.16 bits per heavy atom. The van der Waals surface area contributed by atoms with Gasteiger partial charge in [-0.15, -0.1) is 0 Å². The van der Waals surface area contributed by atoms with Crippen molar-refractivity contribution in [3.63, 3.8) is 0 Å². The van der Waals surface area contributed by atoms with Crippen LogP contribution in [0, 0.1) is 17.8 Å². The minimum atomic E-state index is -0.962. The second-order valence-electron chi connectivity index (χ2n) is 7.60. The molecular weight excluding hydrogens is 320 g/mol.